The summed E-state index contributed by atoms with van der Waals surface area (Å²) in [6.07, 6.45) is 15.0. The van der Waals surface area contributed by atoms with Crippen LogP contribution in [0.15, 0.2) is 210 Å². The van der Waals surface area contributed by atoms with E-state index in [1.165, 1.54) is 16.7 Å². The number of pyridine rings is 1. The monoisotopic (exact) mass is 686 g/mol. The lowest BCUT2D eigenvalue weighted by atomic mass is 9.84. The molecule has 2 aliphatic rings. The summed E-state index contributed by atoms with van der Waals surface area (Å²) in [5.41, 5.74) is 12.2. The SMILES string of the molecule is C1=CCC=C(C(=C(c2ccccc2)c2ccccc2)c2cccc(C3N=C(c4ccccc4)NC(c4ccc(-c5ccncc5)cc4)=N3)c2)C=C1.CC. The van der Waals surface area contributed by atoms with Crippen molar-refractivity contribution in [3.05, 3.63) is 233 Å². The zero-order valence-corrected chi connectivity index (χ0v) is 30.1. The molecule has 1 aliphatic heterocycles. The van der Waals surface area contributed by atoms with E-state index in [1.54, 1.807) is 0 Å². The van der Waals surface area contributed by atoms with Gasteiger partial charge in [-0.15, -0.1) is 0 Å². The van der Waals surface area contributed by atoms with Crippen molar-refractivity contribution in [1.29, 1.82) is 0 Å². The van der Waals surface area contributed by atoms with Gasteiger partial charge in [-0.3, -0.25) is 4.98 Å². The zero-order chi connectivity index (χ0) is 36.2. The van der Waals surface area contributed by atoms with Gasteiger partial charge in [-0.1, -0.05) is 178 Å². The average Bonchev–Trinajstić information content (AvgIpc) is 3.54. The number of nitrogens with zero attached hydrogens (tertiary/aromatic N) is 3. The van der Waals surface area contributed by atoms with Gasteiger partial charge in [-0.2, -0.15) is 0 Å². The molecule has 2 heterocycles. The molecule has 1 N–H and O–H groups in total. The smallest absolute Gasteiger partial charge is 0.169 e. The number of nitrogens with one attached hydrogen (secondary N) is 1. The molecule has 1 atom stereocenters. The molecule has 1 aliphatic carbocycles. The third-order valence-electron chi connectivity index (χ3n) is 9.09. The van der Waals surface area contributed by atoms with Crippen LogP contribution in [0.25, 0.3) is 22.3 Å². The van der Waals surface area contributed by atoms with Crippen molar-refractivity contribution in [1.82, 2.24) is 10.3 Å². The predicted octanol–water partition coefficient (Wildman–Crippen LogP) is 11.7. The van der Waals surface area contributed by atoms with Gasteiger partial charge in [0.1, 0.15) is 11.7 Å². The van der Waals surface area contributed by atoms with E-state index < -0.39 is 6.17 Å². The normalized spacial score (nSPS) is 14.7. The molecule has 53 heavy (non-hydrogen) atoms. The molecular weight excluding hydrogens is 645 g/mol. The molecule has 0 bridgehead atoms. The fraction of sp³-hybridized carbons (Fsp3) is 0.0816. The lowest BCUT2D eigenvalue weighted by Gasteiger charge is -2.23. The molecule has 0 spiro atoms. The lowest BCUT2D eigenvalue weighted by Crippen LogP contribution is -2.36. The number of allylic oxidation sites excluding steroid dienone is 7. The third-order valence-corrected chi connectivity index (χ3v) is 9.09. The lowest BCUT2D eigenvalue weighted by molar-refractivity contribution is 0.755. The second kappa shape index (κ2) is 17.0. The first kappa shape index (κ1) is 34.8. The molecule has 0 saturated heterocycles. The quantitative estimate of drug-likeness (QED) is 0.162. The molecule has 0 radical (unpaired) electrons. The van der Waals surface area contributed by atoms with Crippen molar-refractivity contribution in [3.63, 3.8) is 0 Å². The molecule has 4 heteroatoms. The Morgan fingerprint density at radius 2 is 1.08 bits per heavy atom. The molecule has 258 valence electrons. The van der Waals surface area contributed by atoms with Gasteiger partial charge >= 0.3 is 0 Å². The molecular formula is C49H42N4. The average molecular weight is 687 g/mol. The number of rotatable bonds is 8. The van der Waals surface area contributed by atoms with Crippen molar-refractivity contribution in [2.45, 2.75) is 26.4 Å². The summed E-state index contributed by atoms with van der Waals surface area (Å²) < 4.78 is 0. The van der Waals surface area contributed by atoms with Crippen LogP contribution < -0.4 is 5.32 Å². The standard InChI is InChI=1S/C47H36N4.C2H6/c1-2-7-16-38(15-6-1)44(43(36-17-8-3-9-18-36)37-19-10-4-11-20-37)41-23-14-24-42(33-41)47-50-45(39-21-12-5-13-22-39)49-46(51-47)40-27-25-34(26-28-40)35-29-31-48-32-30-35;1-2/h1-6,8-33,47H,7H2,(H,49,50,51);1-2H3. The van der Waals surface area contributed by atoms with Gasteiger partial charge in [0.15, 0.2) is 6.17 Å². The van der Waals surface area contributed by atoms with Crippen LogP contribution in [-0.4, -0.2) is 16.7 Å². The van der Waals surface area contributed by atoms with Gasteiger partial charge < -0.3 is 5.32 Å². The van der Waals surface area contributed by atoms with E-state index in [0.717, 1.165) is 62.6 Å². The first-order valence-corrected chi connectivity index (χ1v) is 18.3. The van der Waals surface area contributed by atoms with Crippen molar-refractivity contribution < 1.29 is 0 Å². The van der Waals surface area contributed by atoms with Crippen molar-refractivity contribution >= 4 is 22.8 Å². The number of aromatic nitrogens is 1. The maximum atomic E-state index is 5.24. The van der Waals surface area contributed by atoms with Crippen molar-refractivity contribution in [2.75, 3.05) is 0 Å². The molecule has 0 saturated carbocycles. The number of benzene rings is 5. The Balaban J connectivity index is 0.00000214. The van der Waals surface area contributed by atoms with E-state index >= 15 is 0 Å². The first-order chi connectivity index (χ1) is 26.3. The molecule has 0 amide bonds. The van der Waals surface area contributed by atoms with Crippen molar-refractivity contribution in [3.8, 4) is 11.1 Å². The second-order valence-electron chi connectivity index (χ2n) is 12.4. The Labute approximate surface area is 313 Å². The van der Waals surface area contributed by atoms with Crippen LogP contribution in [0.5, 0.6) is 0 Å². The van der Waals surface area contributed by atoms with Crippen LogP contribution in [0.3, 0.4) is 0 Å². The van der Waals surface area contributed by atoms with Gasteiger partial charge in [0.2, 0.25) is 0 Å². The topological polar surface area (TPSA) is 49.6 Å². The van der Waals surface area contributed by atoms with Crippen LogP contribution >= 0.6 is 0 Å². The zero-order valence-electron chi connectivity index (χ0n) is 30.1. The van der Waals surface area contributed by atoms with Crippen molar-refractivity contribution in [2.24, 2.45) is 9.98 Å². The second-order valence-corrected chi connectivity index (χ2v) is 12.4. The Hall–Kier alpha value is -6.65. The molecule has 1 aromatic heterocycles. The van der Waals surface area contributed by atoms with Crippen LogP contribution in [0.4, 0.5) is 0 Å². The van der Waals surface area contributed by atoms with Gasteiger partial charge in [-0.05, 0) is 74.7 Å². The minimum Gasteiger partial charge on any atom is -0.324 e. The summed E-state index contributed by atoms with van der Waals surface area (Å²) in [5, 5.41) is 3.56. The van der Waals surface area contributed by atoms with Crippen LogP contribution in [0, 0.1) is 0 Å². The van der Waals surface area contributed by atoms with Gasteiger partial charge in [0, 0.05) is 23.5 Å². The summed E-state index contributed by atoms with van der Waals surface area (Å²) in [7, 11) is 0. The fourth-order valence-electron chi connectivity index (χ4n) is 6.59. The summed E-state index contributed by atoms with van der Waals surface area (Å²) >= 11 is 0. The maximum Gasteiger partial charge on any atom is 0.169 e. The molecule has 6 aromatic rings. The minimum absolute atomic E-state index is 0.449. The molecule has 0 fully saturated rings. The first-order valence-electron chi connectivity index (χ1n) is 18.3. The number of aliphatic imine (C=N–C) groups is 2. The minimum atomic E-state index is -0.449. The summed E-state index contributed by atoms with van der Waals surface area (Å²) in [5.74, 6) is 1.57. The third kappa shape index (κ3) is 8.14. The maximum absolute atomic E-state index is 5.24. The summed E-state index contributed by atoms with van der Waals surface area (Å²) in [6, 6.07) is 53.0. The highest BCUT2D eigenvalue weighted by Crippen LogP contribution is 2.39. The predicted molar refractivity (Wildman–Crippen MR) is 223 cm³/mol. The van der Waals surface area contributed by atoms with E-state index in [0.29, 0.717) is 0 Å². The van der Waals surface area contributed by atoms with E-state index in [4.69, 9.17) is 9.98 Å². The van der Waals surface area contributed by atoms with E-state index in [-0.39, 0.29) is 0 Å². The highest BCUT2D eigenvalue weighted by molar-refractivity contribution is 6.16. The molecule has 5 aromatic carbocycles. The molecule has 8 rings (SSSR count). The fourth-order valence-corrected chi connectivity index (χ4v) is 6.59. The van der Waals surface area contributed by atoms with Gasteiger partial charge in [0.05, 0.1) is 0 Å². The number of amidine groups is 2. The summed E-state index contributed by atoms with van der Waals surface area (Å²) in [4.78, 5) is 14.6. The Bertz CT molecular complexity index is 2270. The summed E-state index contributed by atoms with van der Waals surface area (Å²) in [6.45, 7) is 4.00. The number of hydrogen-bond acceptors (Lipinski definition) is 4. The highest BCUT2D eigenvalue weighted by atomic mass is 15.2. The highest BCUT2D eigenvalue weighted by Gasteiger charge is 2.23. The van der Waals surface area contributed by atoms with E-state index in [2.05, 4.69) is 162 Å². The van der Waals surface area contributed by atoms with E-state index in [1.807, 2.05) is 56.6 Å². The largest absolute Gasteiger partial charge is 0.324 e. The Kier molecular flexibility index (Phi) is 11.2. The van der Waals surface area contributed by atoms with Gasteiger partial charge in [0.25, 0.3) is 0 Å². The molecule has 1 unspecified atom stereocenters. The molecule has 4 nitrogen and oxygen atoms in total. The van der Waals surface area contributed by atoms with Gasteiger partial charge in [-0.25, -0.2) is 9.98 Å². The number of hydrogen-bond donors (Lipinski definition) is 1. The van der Waals surface area contributed by atoms with E-state index in [9.17, 15) is 0 Å². The van der Waals surface area contributed by atoms with Crippen LogP contribution in [0.1, 0.15) is 59.8 Å². The Morgan fingerprint density at radius 1 is 0.528 bits per heavy atom. The Morgan fingerprint density at radius 3 is 1.72 bits per heavy atom. The van der Waals surface area contributed by atoms with Crippen LogP contribution in [-0.2, 0) is 0 Å². The van der Waals surface area contributed by atoms with Crippen LogP contribution in [0.2, 0.25) is 0 Å².